The second-order valence-electron chi connectivity index (χ2n) is 8.30. The van der Waals surface area contributed by atoms with Gasteiger partial charge in [0.15, 0.2) is 18.9 Å². The topological polar surface area (TPSA) is 228 Å². The van der Waals surface area contributed by atoms with E-state index in [2.05, 4.69) is 0 Å². The van der Waals surface area contributed by atoms with E-state index in [0.717, 1.165) is 0 Å². The molecule has 0 aromatic rings. The van der Waals surface area contributed by atoms with Gasteiger partial charge in [-0.25, -0.2) is 0 Å². The molecular weight excluding hydrogens is 440 g/mol. The molecule has 14 nitrogen and oxygen atoms in total. The summed E-state index contributed by atoms with van der Waals surface area (Å²) in [6.07, 6.45) is -22.5. The molecule has 3 fully saturated rings. The molecule has 0 bridgehead atoms. The molecule has 32 heavy (non-hydrogen) atoms. The molecule has 3 aliphatic rings. The normalized spacial score (nSPS) is 55.0. The van der Waals surface area contributed by atoms with E-state index in [4.69, 9.17) is 23.7 Å². The van der Waals surface area contributed by atoms with E-state index < -0.39 is 98.7 Å². The van der Waals surface area contributed by atoms with Crippen LogP contribution in [0.25, 0.3) is 0 Å². The summed E-state index contributed by atoms with van der Waals surface area (Å²) < 4.78 is 27.1. The quantitative estimate of drug-likeness (QED) is 0.182. The molecule has 0 aliphatic carbocycles. The Morgan fingerprint density at radius 3 is 1.44 bits per heavy atom. The Kier molecular flexibility index (Phi) is 8.44. The summed E-state index contributed by atoms with van der Waals surface area (Å²) in [4.78, 5) is 0. The average molecular weight is 472 g/mol. The minimum absolute atomic E-state index is 0.732. The molecule has 0 amide bonds. The lowest BCUT2D eigenvalue weighted by Gasteiger charge is -2.48. The monoisotopic (exact) mass is 472 g/mol. The molecule has 0 saturated carbocycles. The zero-order valence-corrected chi connectivity index (χ0v) is 17.4. The van der Waals surface area contributed by atoms with Gasteiger partial charge in [-0.05, 0) is 13.8 Å². The van der Waals surface area contributed by atoms with E-state index in [1.165, 1.54) is 13.8 Å². The van der Waals surface area contributed by atoms with Crippen molar-refractivity contribution in [2.24, 2.45) is 0 Å². The lowest BCUT2D eigenvalue weighted by atomic mass is 9.96. The summed E-state index contributed by atoms with van der Waals surface area (Å²) in [6.45, 7) is 2.10. The fourth-order valence-electron chi connectivity index (χ4n) is 3.94. The molecule has 3 saturated heterocycles. The summed E-state index contributed by atoms with van der Waals surface area (Å²) in [5, 5.41) is 90.3. The maximum atomic E-state index is 10.5. The Bertz CT molecular complexity index is 574. The highest BCUT2D eigenvalue weighted by Crippen LogP contribution is 2.32. The van der Waals surface area contributed by atoms with Crippen molar-refractivity contribution in [3.05, 3.63) is 0 Å². The van der Waals surface area contributed by atoms with E-state index >= 15 is 0 Å². The lowest BCUT2D eigenvalue weighted by Crippen LogP contribution is -2.66. The van der Waals surface area contributed by atoms with Gasteiger partial charge in [0.25, 0.3) is 0 Å². The number of hydrogen-bond donors (Lipinski definition) is 9. The van der Waals surface area contributed by atoms with Gasteiger partial charge in [-0.1, -0.05) is 0 Å². The van der Waals surface area contributed by atoms with Crippen molar-refractivity contribution in [3.8, 4) is 0 Å². The fourth-order valence-corrected chi connectivity index (χ4v) is 3.94. The van der Waals surface area contributed by atoms with Crippen LogP contribution in [0.15, 0.2) is 0 Å². The van der Waals surface area contributed by atoms with Crippen molar-refractivity contribution < 1.29 is 69.6 Å². The zero-order chi connectivity index (χ0) is 23.9. The molecule has 15 atom stereocenters. The van der Waals surface area contributed by atoms with E-state index in [1.54, 1.807) is 0 Å². The minimum atomic E-state index is -1.84. The Morgan fingerprint density at radius 2 is 1.00 bits per heavy atom. The van der Waals surface area contributed by atoms with Gasteiger partial charge in [-0.3, -0.25) is 0 Å². The number of hydrogen-bond acceptors (Lipinski definition) is 14. The fraction of sp³-hybridized carbons (Fsp3) is 1.00. The van der Waals surface area contributed by atoms with Gasteiger partial charge in [-0.15, -0.1) is 0 Å². The van der Waals surface area contributed by atoms with Crippen LogP contribution in [0.4, 0.5) is 0 Å². The molecule has 0 spiro atoms. The van der Waals surface area contributed by atoms with Gasteiger partial charge in [0.05, 0.1) is 18.8 Å². The van der Waals surface area contributed by atoms with Gasteiger partial charge in [0, 0.05) is 0 Å². The third-order valence-corrected chi connectivity index (χ3v) is 6.01. The van der Waals surface area contributed by atoms with Crippen LogP contribution >= 0.6 is 0 Å². The van der Waals surface area contributed by atoms with Crippen molar-refractivity contribution in [3.63, 3.8) is 0 Å². The summed E-state index contributed by atoms with van der Waals surface area (Å²) in [7, 11) is 0. The first-order valence-corrected chi connectivity index (χ1v) is 10.3. The second kappa shape index (κ2) is 10.4. The molecule has 0 aromatic heterocycles. The summed E-state index contributed by atoms with van der Waals surface area (Å²) in [5.74, 6) is 0. The first-order chi connectivity index (χ1) is 15.0. The first-order valence-electron chi connectivity index (χ1n) is 10.3. The Hall–Kier alpha value is -0.560. The number of aliphatic hydroxyl groups is 9. The third kappa shape index (κ3) is 4.94. The third-order valence-electron chi connectivity index (χ3n) is 6.01. The molecule has 3 rings (SSSR count). The molecule has 1 unspecified atom stereocenters. The summed E-state index contributed by atoms with van der Waals surface area (Å²) >= 11 is 0. The number of ether oxygens (including phenoxy) is 5. The summed E-state index contributed by atoms with van der Waals surface area (Å²) in [5.41, 5.74) is 0. The van der Waals surface area contributed by atoms with Crippen LogP contribution in [-0.4, -0.2) is 145 Å². The first kappa shape index (κ1) is 26.1. The average Bonchev–Trinajstić information content (AvgIpc) is 2.76. The van der Waals surface area contributed by atoms with E-state index in [1.807, 2.05) is 0 Å². The molecule has 3 heterocycles. The van der Waals surface area contributed by atoms with Gasteiger partial charge in [0.2, 0.25) is 0 Å². The van der Waals surface area contributed by atoms with Gasteiger partial charge in [0.1, 0.15) is 61.0 Å². The highest BCUT2D eigenvalue weighted by atomic mass is 16.8. The number of aliphatic hydroxyl groups excluding tert-OH is 9. The molecule has 3 aliphatic heterocycles. The summed E-state index contributed by atoms with van der Waals surface area (Å²) in [6, 6.07) is 0. The van der Waals surface area contributed by atoms with Crippen LogP contribution in [-0.2, 0) is 23.7 Å². The van der Waals surface area contributed by atoms with Crippen molar-refractivity contribution in [2.75, 3.05) is 6.61 Å². The van der Waals surface area contributed by atoms with Crippen molar-refractivity contribution >= 4 is 0 Å². The molecule has 0 aromatic carbocycles. The zero-order valence-electron chi connectivity index (χ0n) is 17.4. The molecule has 9 N–H and O–H groups in total. The smallest absolute Gasteiger partial charge is 0.187 e. The standard InChI is InChI=1S/C18H32O14/c1-4-7(20)9(22)11(24)17(28-4)31-14-6(3-19)30-16(27)13(26)15(14)32-18-12(25)10(23)8(21)5(2)29-18/h4-27H,3H2,1-2H3/t4-,5-,6+,7+,8+,9+,10+,11-,12-,13+,14-,15+,16?,17+,18-/m0/s1. The van der Waals surface area contributed by atoms with Gasteiger partial charge >= 0.3 is 0 Å². The van der Waals surface area contributed by atoms with Crippen LogP contribution in [0.2, 0.25) is 0 Å². The Morgan fingerprint density at radius 1 is 0.562 bits per heavy atom. The molecule has 14 heteroatoms. The Balaban J connectivity index is 1.82. The van der Waals surface area contributed by atoms with E-state index in [9.17, 15) is 46.0 Å². The van der Waals surface area contributed by atoms with Crippen molar-refractivity contribution in [1.29, 1.82) is 0 Å². The van der Waals surface area contributed by atoms with Gasteiger partial charge < -0.3 is 69.6 Å². The highest BCUT2D eigenvalue weighted by molar-refractivity contribution is 4.95. The highest BCUT2D eigenvalue weighted by Gasteiger charge is 2.53. The second-order valence-corrected chi connectivity index (χ2v) is 8.30. The van der Waals surface area contributed by atoms with E-state index in [-0.39, 0.29) is 0 Å². The molecular formula is C18H32O14. The number of rotatable bonds is 5. The van der Waals surface area contributed by atoms with Crippen LogP contribution in [0.5, 0.6) is 0 Å². The predicted molar refractivity (Wildman–Crippen MR) is 98.4 cm³/mol. The maximum Gasteiger partial charge on any atom is 0.187 e. The molecule has 188 valence electrons. The Labute approximate surface area is 183 Å². The predicted octanol–water partition coefficient (Wildman–Crippen LogP) is -5.52. The largest absolute Gasteiger partial charge is 0.394 e. The van der Waals surface area contributed by atoms with Crippen LogP contribution in [0.1, 0.15) is 13.8 Å². The van der Waals surface area contributed by atoms with Crippen LogP contribution in [0.3, 0.4) is 0 Å². The minimum Gasteiger partial charge on any atom is -0.394 e. The van der Waals surface area contributed by atoms with Crippen molar-refractivity contribution in [1.82, 2.24) is 0 Å². The van der Waals surface area contributed by atoms with Crippen LogP contribution < -0.4 is 0 Å². The van der Waals surface area contributed by atoms with Gasteiger partial charge in [-0.2, -0.15) is 0 Å². The van der Waals surface area contributed by atoms with Crippen LogP contribution in [0, 0.1) is 0 Å². The SMILES string of the molecule is C[C@@H]1O[C@@H](O[C@H]2[C@@H](O[C@H]3O[C@@H](C)[C@@H](O)[C@@H](O)[C@@H]3O)[C@@H](CO)OC(O)[C@@H]2O)[C@@H](O)[C@H](O)[C@@H]1O. The maximum absolute atomic E-state index is 10.5. The van der Waals surface area contributed by atoms with Crippen molar-refractivity contribution in [2.45, 2.75) is 106 Å². The van der Waals surface area contributed by atoms with E-state index in [0.29, 0.717) is 0 Å². The molecule has 0 radical (unpaired) electrons. The lowest BCUT2D eigenvalue weighted by molar-refractivity contribution is -0.381.